The summed E-state index contributed by atoms with van der Waals surface area (Å²) in [5.74, 6) is 1.22. The molecule has 1 aromatic rings. The molecule has 2 rings (SSSR count). The zero-order valence-electron chi connectivity index (χ0n) is 11.7. The Labute approximate surface area is 113 Å². The highest BCUT2D eigenvalue weighted by Crippen LogP contribution is 2.45. The average molecular weight is 264 g/mol. The van der Waals surface area contributed by atoms with E-state index in [4.69, 9.17) is 9.47 Å². The lowest BCUT2D eigenvalue weighted by Gasteiger charge is -2.39. The second kappa shape index (κ2) is 5.21. The molecule has 0 aliphatic heterocycles. The third-order valence-electron chi connectivity index (χ3n) is 4.12. The Kier molecular flexibility index (Phi) is 3.80. The lowest BCUT2D eigenvalue weighted by Crippen LogP contribution is -2.41. The number of ketones is 1. The van der Waals surface area contributed by atoms with Crippen LogP contribution in [0, 0.1) is 12.3 Å². The number of rotatable bonds is 5. The number of methoxy groups -OCH3 is 2. The van der Waals surface area contributed by atoms with E-state index in [1.807, 2.05) is 6.92 Å². The number of ether oxygens (including phenoxy) is 2. The van der Waals surface area contributed by atoms with E-state index in [-0.39, 0.29) is 12.4 Å². The van der Waals surface area contributed by atoms with Crippen LogP contribution in [0.2, 0.25) is 0 Å². The van der Waals surface area contributed by atoms with Crippen molar-refractivity contribution < 1.29 is 19.4 Å². The van der Waals surface area contributed by atoms with Crippen LogP contribution in [0.1, 0.15) is 35.2 Å². The highest BCUT2D eigenvalue weighted by molar-refractivity contribution is 6.04. The fraction of sp³-hybridized carbons (Fsp3) is 0.533. The van der Waals surface area contributed by atoms with Gasteiger partial charge in [0.2, 0.25) is 0 Å². The highest BCUT2D eigenvalue weighted by Gasteiger charge is 2.44. The fourth-order valence-electron chi connectivity index (χ4n) is 2.68. The molecule has 0 heterocycles. The molecule has 0 bridgehead atoms. The second-order valence-electron chi connectivity index (χ2n) is 5.09. The Morgan fingerprint density at radius 2 is 2.00 bits per heavy atom. The topological polar surface area (TPSA) is 55.8 Å². The molecule has 0 amide bonds. The minimum Gasteiger partial charge on any atom is -0.496 e. The predicted octanol–water partition coefficient (Wildman–Crippen LogP) is 2.36. The second-order valence-corrected chi connectivity index (χ2v) is 5.09. The van der Waals surface area contributed by atoms with E-state index in [1.165, 1.54) is 0 Å². The zero-order chi connectivity index (χ0) is 14.0. The molecule has 0 spiro atoms. The first-order valence-corrected chi connectivity index (χ1v) is 6.47. The van der Waals surface area contributed by atoms with Crippen LogP contribution in [-0.2, 0) is 0 Å². The first-order valence-electron chi connectivity index (χ1n) is 6.47. The number of aliphatic hydroxyl groups is 1. The van der Waals surface area contributed by atoms with Crippen LogP contribution in [-0.4, -0.2) is 31.7 Å². The number of carbonyl (C=O) groups excluding carboxylic acids is 1. The molecule has 104 valence electrons. The van der Waals surface area contributed by atoms with E-state index in [0.29, 0.717) is 17.1 Å². The largest absolute Gasteiger partial charge is 0.496 e. The van der Waals surface area contributed by atoms with Gasteiger partial charge in [-0.3, -0.25) is 4.79 Å². The molecule has 0 radical (unpaired) electrons. The van der Waals surface area contributed by atoms with Gasteiger partial charge in [-0.2, -0.15) is 0 Å². The van der Waals surface area contributed by atoms with Gasteiger partial charge in [0.05, 0.1) is 31.8 Å². The van der Waals surface area contributed by atoms with Gasteiger partial charge in [-0.15, -0.1) is 0 Å². The van der Waals surface area contributed by atoms with Crippen molar-refractivity contribution in [3.05, 3.63) is 23.3 Å². The van der Waals surface area contributed by atoms with Crippen molar-refractivity contribution in [3.63, 3.8) is 0 Å². The van der Waals surface area contributed by atoms with Crippen LogP contribution >= 0.6 is 0 Å². The molecule has 0 saturated heterocycles. The zero-order valence-corrected chi connectivity index (χ0v) is 11.7. The van der Waals surface area contributed by atoms with E-state index in [1.54, 1.807) is 26.4 Å². The summed E-state index contributed by atoms with van der Waals surface area (Å²) in [4.78, 5) is 12.6. The maximum atomic E-state index is 12.6. The monoisotopic (exact) mass is 264 g/mol. The molecule has 1 aliphatic rings. The molecule has 0 aromatic heterocycles. The molecule has 0 atom stereocenters. The number of Topliss-reactive ketones (excluding diaryl/α,β-unsaturated/α-hetero) is 1. The summed E-state index contributed by atoms with van der Waals surface area (Å²) in [6.07, 6.45) is 2.48. The number of aliphatic hydroxyl groups excluding tert-OH is 1. The van der Waals surface area contributed by atoms with E-state index in [2.05, 4.69) is 0 Å². The fourth-order valence-corrected chi connectivity index (χ4v) is 2.68. The van der Waals surface area contributed by atoms with Gasteiger partial charge < -0.3 is 14.6 Å². The Bertz CT molecular complexity index is 484. The molecule has 0 unspecified atom stereocenters. The Balaban J connectivity index is 2.45. The Hall–Kier alpha value is -1.55. The van der Waals surface area contributed by atoms with Crippen molar-refractivity contribution in [2.45, 2.75) is 26.2 Å². The van der Waals surface area contributed by atoms with Crippen LogP contribution in [0.3, 0.4) is 0 Å². The van der Waals surface area contributed by atoms with Gasteiger partial charge in [0.1, 0.15) is 11.5 Å². The van der Waals surface area contributed by atoms with Crippen LogP contribution in [0.5, 0.6) is 11.5 Å². The molecule has 19 heavy (non-hydrogen) atoms. The number of hydrogen-bond donors (Lipinski definition) is 1. The van der Waals surface area contributed by atoms with E-state index < -0.39 is 5.41 Å². The lowest BCUT2D eigenvalue weighted by molar-refractivity contribution is 0.0345. The van der Waals surface area contributed by atoms with E-state index in [0.717, 1.165) is 24.8 Å². The van der Waals surface area contributed by atoms with Gasteiger partial charge >= 0.3 is 0 Å². The summed E-state index contributed by atoms with van der Waals surface area (Å²) >= 11 is 0. The van der Waals surface area contributed by atoms with E-state index in [9.17, 15) is 9.90 Å². The van der Waals surface area contributed by atoms with Crippen LogP contribution in [0.4, 0.5) is 0 Å². The minimum absolute atomic E-state index is 0.0242. The Morgan fingerprint density at radius 1 is 1.32 bits per heavy atom. The molecule has 4 heteroatoms. The van der Waals surface area contributed by atoms with Crippen molar-refractivity contribution in [2.75, 3.05) is 20.8 Å². The summed E-state index contributed by atoms with van der Waals surface area (Å²) in [6.45, 7) is 1.76. The van der Waals surface area contributed by atoms with Gasteiger partial charge in [-0.25, -0.2) is 0 Å². The normalized spacial score (nSPS) is 16.6. The van der Waals surface area contributed by atoms with Gasteiger partial charge in [0.15, 0.2) is 5.78 Å². The first-order chi connectivity index (χ1) is 9.09. The molecule has 1 N–H and O–H groups in total. The van der Waals surface area contributed by atoms with Crippen LogP contribution in [0.25, 0.3) is 0 Å². The smallest absolute Gasteiger partial charge is 0.175 e. The quantitative estimate of drug-likeness (QED) is 0.829. The van der Waals surface area contributed by atoms with Crippen molar-refractivity contribution in [2.24, 2.45) is 5.41 Å². The van der Waals surface area contributed by atoms with Crippen molar-refractivity contribution in [1.82, 2.24) is 0 Å². The van der Waals surface area contributed by atoms with Crippen molar-refractivity contribution in [1.29, 1.82) is 0 Å². The SMILES string of the molecule is COc1ccc(C(=O)C2(CO)CCC2)c(OC)c1C. The summed E-state index contributed by atoms with van der Waals surface area (Å²) < 4.78 is 10.6. The summed E-state index contributed by atoms with van der Waals surface area (Å²) in [7, 11) is 3.13. The highest BCUT2D eigenvalue weighted by atomic mass is 16.5. The van der Waals surface area contributed by atoms with Crippen molar-refractivity contribution in [3.8, 4) is 11.5 Å². The van der Waals surface area contributed by atoms with Gasteiger partial charge in [0.25, 0.3) is 0 Å². The third kappa shape index (κ3) is 2.10. The Morgan fingerprint density at radius 3 is 2.42 bits per heavy atom. The number of hydrogen-bond acceptors (Lipinski definition) is 4. The third-order valence-corrected chi connectivity index (χ3v) is 4.12. The molecule has 1 saturated carbocycles. The molecular weight excluding hydrogens is 244 g/mol. The molecule has 1 aliphatic carbocycles. The molecule has 4 nitrogen and oxygen atoms in total. The minimum atomic E-state index is -0.603. The van der Waals surface area contributed by atoms with Gasteiger partial charge in [-0.1, -0.05) is 6.42 Å². The lowest BCUT2D eigenvalue weighted by atomic mass is 9.65. The first kappa shape index (κ1) is 13.9. The molecule has 1 aromatic carbocycles. The summed E-state index contributed by atoms with van der Waals surface area (Å²) in [5, 5.41) is 9.52. The predicted molar refractivity (Wildman–Crippen MR) is 72.0 cm³/mol. The summed E-state index contributed by atoms with van der Waals surface area (Å²) in [5.41, 5.74) is 0.742. The summed E-state index contributed by atoms with van der Waals surface area (Å²) in [6, 6.07) is 3.50. The van der Waals surface area contributed by atoms with Gasteiger partial charge in [-0.05, 0) is 31.9 Å². The van der Waals surface area contributed by atoms with Gasteiger partial charge in [0, 0.05) is 5.56 Å². The van der Waals surface area contributed by atoms with Crippen molar-refractivity contribution >= 4 is 5.78 Å². The van der Waals surface area contributed by atoms with E-state index >= 15 is 0 Å². The number of carbonyl (C=O) groups is 1. The molecule has 1 fully saturated rings. The maximum Gasteiger partial charge on any atom is 0.175 e. The molecular formula is C15H20O4. The van der Waals surface area contributed by atoms with Crippen LogP contribution < -0.4 is 9.47 Å². The maximum absolute atomic E-state index is 12.6. The standard InChI is InChI=1S/C15H20O4/c1-10-12(18-2)6-5-11(13(10)19-3)14(17)15(9-16)7-4-8-15/h5-6,16H,4,7-9H2,1-3H3. The van der Waals surface area contributed by atoms with Crippen LogP contribution in [0.15, 0.2) is 12.1 Å². The number of benzene rings is 1. The average Bonchev–Trinajstić information content (AvgIpc) is 2.37.